The molecule has 0 aromatic heterocycles. The summed E-state index contributed by atoms with van der Waals surface area (Å²) in [5.74, 6) is 0. The van der Waals surface area contributed by atoms with Gasteiger partial charge < -0.3 is 22.3 Å². The predicted molar refractivity (Wildman–Crippen MR) is 85.0 cm³/mol. The molecule has 0 saturated heterocycles. The van der Waals surface area contributed by atoms with Gasteiger partial charge in [-0.15, -0.1) is 0 Å². The van der Waals surface area contributed by atoms with E-state index in [9.17, 15) is 0 Å². The van der Waals surface area contributed by atoms with E-state index in [-0.39, 0.29) is 52.9 Å². The van der Waals surface area contributed by atoms with Gasteiger partial charge in [-0.25, -0.2) is 6.07 Å². The van der Waals surface area contributed by atoms with Gasteiger partial charge in [0.15, 0.2) is 0 Å². The van der Waals surface area contributed by atoms with Crippen LogP contribution in [-0.2, 0) is 21.1 Å². The number of hydrogen-bond acceptors (Lipinski definition) is 0. The molecule has 0 aliphatic rings. The summed E-state index contributed by atoms with van der Waals surface area (Å²) in [6, 6.07) is 15.4. The maximum atomic E-state index is 2.30. The summed E-state index contributed by atoms with van der Waals surface area (Å²) in [7, 11) is -0.242. The van der Waals surface area contributed by atoms with E-state index in [1.54, 1.807) is 5.19 Å². The number of aryl methyl sites for hydroxylation is 1. The quantitative estimate of drug-likeness (QED) is 0.498. The molecule has 0 bridgehead atoms. The van der Waals surface area contributed by atoms with Gasteiger partial charge in [-0.2, -0.15) is 22.4 Å². The van der Waals surface area contributed by atoms with Crippen LogP contribution in [0, 0.1) is 36.1 Å². The maximum Gasteiger partial charge on any atom is 4.00 e. The van der Waals surface area contributed by atoms with Gasteiger partial charge >= 0.3 is 21.1 Å². The van der Waals surface area contributed by atoms with Crippen molar-refractivity contribution in [3.63, 3.8) is 0 Å². The molecule has 102 valence electrons. The topological polar surface area (TPSA) is 0 Å². The van der Waals surface area contributed by atoms with Crippen LogP contribution in [0.15, 0.2) is 42.5 Å². The van der Waals surface area contributed by atoms with E-state index in [0.717, 1.165) is 0 Å². The number of rotatable bonds is 2. The average molecular weight is 440 g/mol. The fourth-order valence-corrected chi connectivity index (χ4v) is 3.46. The van der Waals surface area contributed by atoms with Crippen LogP contribution in [0.1, 0.15) is 11.1 Å². The first-order valence-corrected chi connectivity index (χ1v) is 6.44. The third-order valence-electron chi connectivity index (χ3n) is 2.85. The normalized spacial score (nSPS) is 8.78. The summed E-state index contributed by atoms with van der Waals surface area (Å²) < 4.78 is 0. The Labute approximate surface area is 130 Å². The Morgan fingerprint density at radius 1 is 0.889 bits per heavy atom. The van der Waals surface area contributed by atoms with Gasteiger partial charge in [-0.3, -0.25) is 0 Å². The fraction of sp³-hybridized carbons (Fsp3) is 0.125. The second-order valence-electron chi connectivity index (χ2n) is 3.83. The van der Waals surface area contributed by atoms with Crippen molar-refractivity contribution in [2.75, 3.05) is 0 Å². The predicted octanol–water partition coefficient (Wildman–Crippen LogP) is 2.49. The first-order chi connectivity index (χ1) is 6.77. The Kier molecular flexibility index (Phi) is 13.1. The molecule has 0 spiro atoms. The van der Waals surface area contributed by atoms with Crippen LogP contribution in [-0.4, -0.2) is 9.52 Å². The van der Waals surface area contributed by atoms with Crippen LogP contribution in [0.2, 0.25) is 0 Å². The molecule has 2 aromatic carbocycles. The molecule has 2 aromatic rings. The van der Waals surface area contributed by atoms with E-state index in [4.69, 9.17) is 0 Å². The van der Waals surface area contributed by atoms with E-state index in [1.807, 2.05) is 0 Å². The van der Waals surface area contributed by atoms with Gasteiger partial charge in [-0.05, 0) is 0 Å². The molecule has 0 fully saturated rings. The van der Waals surface area contributed by atoms with Crippen molar-refractivity contribution in [3.05, 3.63) is 75.9 Å². The van der Waals surface area contributed by atoms with Crippen LogP contribution >= 0.6 is 0 Å². The molecular weight excluding hydrogens is 415 g/mol. The van der Waals surface area contributed by atoms with Gasteiger partial charge in [-0.1, -0.05) is 49.4 Å². The molecule has 0 aliphatic carbocycles. The summed E-state index contributed by atoms with van der Waals surface area (Å²) in [6.45, 7) is 4.43. The van der Waals surface area contributed by atoms with Crippen LogP contribution in [0.5, 0.6) is 0 Å². The van der Waals surface area contributed by atoms with Gasteiger partial charge in [0.2, 0.25) is 0 Å². The third-order valence-corrected chi connectivity index (χ3v) is 4.87. The molecule has 0 radical (unpaired) electrons. The van der Waals surface area contributed by atoms with Gasteiger partial charge in [0, 0.05) is 9.52 Å². The molecule has 0 saturated carbocycles. The first kappa shape index (κ1) is 22.6. The molecule has 0 atom stereocenters. The monoisotopic (exact) mass is 439 g/mol. The van der Waals surface area contributed by atoms with E-state index < -0.39 is 0 Å². The molecule has 0 nitrogen and oxygen atoms in total. The zero-order valence-electron chi connectivity index (χ0n) is 12.1. The van der Waals surface area contributed by atoms with E-state index in [0.29, 0.717) is 0 Å². The largest absolute Gasteiger partial charge is 4.00 e. The number of hydrogen-bond donors (Lipinski definition) is 0. The van der Waals surface area contributed by atoms with Crippen molar-refractivity contribution in [1.29, 1.82) is 0 Å². The zero-order valence-corrected chi connectivity index (χ0v) is 15.8. The minimum atomic E-state index is -0.242. The van der Waals surface area contributed by atoms with Crippen molar-refractivity contribution in [2.24, 2.45) is 0 Å². The average Bonchev–Trinajstić information content (AvgIpc) is 2.52. The van der Waals surface area contributed by atoms with Crippen LogP contribution in [0.25, 0.3) is 0 Å². The van der Waals surface area contributed by atoms with Crippen LogP contribution in [0.4, 0.5) is 0 Å². The molecule has 0 amide bonds. The van der Waals surface area contributed by atoms with Crippen molar-refractivity contribution in [3.8, 4) is 0 Å². The molecule has 0 N–H and O–H groups in total. The van der Waals surface area contributed by atoms with Gasteiger partial charge in [0.05, 0.1) is 0 Å². The Balaban J connectivity index is -0.000000562. The van der Waals surface area contributed by atoms with E-state index in [2.05, 4.69) is 56.3 Å². The summed E-state index contributed by atoms with van der Waals surface area (Å²) in [5.41, 5.74) is 2.93. The van der Waals surface area contributed by atoms with Crippen LogP contribution in [0.3, 0.4) is 0 Å². The Morgan fingerprint density at radius 2 is 1.44 bits per heavy atom. The number of benzene rings is 1. The van der Waals surface area contributed by atoms with Crippen molar-refractivity contribution in [1.82, 2.24) is 0 Å². The summed E-state index contributed by atoms with van der Waals surface area (Å²) in [5, 5.41) is 3.12. The first-order valence-electron chi connectivity index (χ1n) is 5.03. The van der Waals surface area contributed by atoms with Crippen molar-refractivity contribution < 1.29 is 21.1 Å². The minimum Gasteiger partial charge on any atom is -0.358 e. The van der Waals surface area contributed by atoms with Gasteiger partial charge in [0.1, 0.15) is 0 Å². The molecule has 18 heavy (non-hydrogen) atoms. The second kappa shape index (κ2) is 10.4. The molecule has 0 aliphatic heterocycles. The molecule has 2 rings (SSSR count). The fourth-order valence-electron chi connectivity index (χ4n) is 1.74. The van der Waals surface area contributed by atoms with Crippen molar-refractivity contribution in [2.45, 2.75) is 13.8 Å². The zero-order chi connectivity index (χ0) is 9.97. The second-order valence-corrected chi connectivity index (χ2v) is 5.76. The Hall–Kier alpha value is -0.525. The van der Waals surface area contributed by atoms with E-state index >= 15 is 0 Å². The van der Waals surface area contributed by atoms with E-state index in [1.165, 1.54) is 16.3 Å². The summed E-state index contributed by atoms with van der Waals surface area (Å²) in [4.78, 5) is 0. The summed E-state index contributed by atoms with van der Waals surface area (Å²) in [6.07, 6.45) is 0. The van der Waals surface area contributed by atoms with Gasteiger partial charge in [0.25, 0.3) is 0 Å². The molecule has 0 unspecified atom stereocenters. The SMILES string of the molecule is Cc1cc[c-]([SiH2]c2ccccc2)c1C.[CH3-].[CH3-].[CH3-].[Pt+4]. The molecule has 2 heteroatoms. The Morgan fingerprint density at radius 3 is 1.89 bits per heavy atom. The Bertz CT molecular complexity index is 418. The van der Waals surface area contributed by atoms with Crippen molar-refractivity contribution >= 4 is 19.9 Å². The minimum absolute atomic E-state index is 0. The smallest absolute Gasteiger partial charge is 0.358 e. The van der Waals surface area contributed by atoms with Crippen LogP contribution < -0.4 is 10.4 Å². The third kappa shape index (κ3) is 5.41. The molecular formula is C16H24PtSi. The molecule has 0 heterocycles. The standard InChI is InChI=1S/C13H15Si.3CH3.Pt/c1-10-8-9-13(11(10)2)14-12-6-4-3-5-7-12;;;;/h3-9H,14H2,1-2H3;3*1H3;/q4*-1;+4. The summed E-state index contributed by atoms with van der Waals surface area (Å²) >= 11 is 0. The maximum absolute atomic E-state index is 2.30.